The molecule has 2 rings (SSSR count). The van der Waals surface area contributed by atoms with Crippen molar-refractivity contribution in [3.05, 3.63) is 0 Å². The molecule has 0 aromatic heterocycles. The average molecular weight is 270 g/mol. The van der Waals surface area contributed by atoms with Crippen molar-refractivity contribution in [2.24, 2.45) is 5.92 Å². The second-order valence-electron chi connectivity index (χ2n) is 6.31. The molecule has 1 heterocycles. The summed E-state index contributed by atoms with van der Waals surface area (Å²) in [5.74, 6) is 0.888. The van der Waals surface area contributed by atoms with E-state index in [2.05, 4.69) is 24.1 Å². The fourth-order valence-electron chi connectivity index (χ4n) is 3.22. The third kappa shape index (κ3) is 5.05. The largest absolute Gasteiger partial charge is 0.381 e. The van der Waals surface area contributed by atoms with Crippen LogP contribution < -0.4 is 5.32 Å². The molecule has 1 saturated heterocycles. The van der Waals surface area contributed by atoms with Crippen LogP contribution in [-0.2, 0) is 4.74 Å². The van der Waals surface area contributed by atoms with E-state index in [-0.39, 0.29) is 0 Å². The first-order valence-electron chi connectivity index (χ1n) is 8.10. The predicted octanol–water partition coefficient (Wildman–Crippen LogP) is 2.90. The maximum atomic E-state index is 5.45. The molecule has 19 heavy (non-hydrogen) atoms. The summed E-state index contributed by atoms with van der Waals surface area (Å²) >= 11 is 0. The van der Waals surface area contributed by atoms with Gasteiger partial charge in [0.25, 0.3) is 0 Å². The zero-order chi connectivity index (χ0) is 14.3. The molecular weight excluding hydrogens is 236 g/mol. The first-order chi connectivity index (χ1) is 9.12. The van der Waals surface area contributed by atoms with Crippen molar-refractivity contribution in [1.82, 2.24) is 10.2 Å². The van der Waals surface area contributed by atoms with E-state index >= 15 is 0 Å². The van der Waals surface area contributed by atoms with Gasteiger partial charge in [0.2, 0.25) is 0 Å². The molecule has 3 nitrogen and oxygen atoms in total. The van der Waals surface area contributed by atoms with E-state index in [4.69, 9.17) is 4.74 Å². The van der Waals surface area contributed by atoms with Gasteiger partial charge in [0.15, 0.2) is 0 Å². The van der Waals surface area contributed by atoms with Crippen molar-refractivity contribution < 1.29 is 4.74 Å². The van der Waals surface area contributed by atoms with Gasteiger partial charge in [-0.25, -0.2) is 0 Å². The van der Waals surface area contributed by atoms with Crippen LogP contribution >= 0.6 is 0 Å². The van der Waals surface area contributed by atoms with Crippen LogP contribution in [0.25, 0.3) is 0 Å². The standard InChI is InChI=1S/C14H28N2O.C2H6/c1-14(2)11-15-8-9-16(14)10-12-4-6-13(17-3)7-5-12;1-2/h12-13,15H,4-11H2,1-3H3;1-2H3. The minimum atomic E-state index is 0.330. The van der Waals surface area contributed by atoms with Crippen LogP contribution in [0.3, 0.4) is 0 Å². The van der Waals surface area contributed by atoms with Crippen molar-refractivity contribution in [2.45, 2.75) is 65.0 Å². The summed E-state index contributed by atoms with van der Waals surface area (Å²) in [6.07, 6.45) is 5.74. The van der Waals surface area contributed by atoms with Crippen molar-refractivity contribution >= 4 is 0 Å². The Morgan fingerprint density at radius 3 is 2.32 bits per heavy atom. The van der Waals surface area contributed by atoms with Gasteiger partial charge in [-0.1, -0.05) is 13.8 Å². The van der Waals surface area contributed by atoms with Crippen LogP contribution in [0.15, 0.2) is 0 Å². The smallest absolute Gasteiger partial charge is 0.0571 e. The van der Waals surface area contributed by atoms with Gasteiger partial charge in [-0.3, -0.25) is 4.90 Å². The Hall–Kier alpha value is -0.120. The molecule has 0 aromatic carbocycles. The lowest BCUT2D eigenvalue weighted by Gasteiger charge is -2.45. The maximum absolute atomic E-state index is 5.45. The molecule has 1 aliphatic carbocycles. The number of nitrogens with one attached hydrogen (secondary N) is 1. The van der Waals surface area contributed by atoms with Crippen LogP contribution in [0, 0.1) is 5.92 Å². The van der Waals surface area contributed by atoms with Crippen LogP contribution in [0.1, 0.15) is 53.4 Å². The van der Waals surface area contributed by atoms with Crippen molar-refractivity contribution in [2.75, 3.05) is 33.3 Å². The molecule has 2 fully saturated rings. The van der Waals surface area contributed by atoms with Gasteiger partial charge in [-0.05, 0) is 45.4 Å². The zero-order valence-corrected chi connectivity index (χ0v) is 13.7. The Kier molecular flexibility index (Phi) is 7.33. The van der Waals surface area contributed by atoms with Crippen LogP contribution in [-0.4, -0.2) is 49.8 Å². The molecule has 1 aliphatic heterocycles. The topological polar surface area (TPSA) is 24.5 Å². The molecule has 2 aliphatic rings. The first kappa shape index (κ1) is 16.9. The number of ether oxygens (including phenoxy) is 1. The maximum Gasteiger partial charge on any atom is 0.0571 e. The van der Waals surface area contributed by atoms with E-state index in [0.29, 0.717) is 11.6 Å². The number of piperazine rings is 1. The highest BCUT2D eigenvalue weighted by atomic mass is 16.5. The van der Waals surface area contributed by atoms with Gasteiger partial charge in [-0.2, -0.15) is 0 Å². The van der Waals surface area contributed by atoms with Crippen molar-refractivity contribution in [3.8, 4) is 0 Å². The second kappa shape index (κ2) is 8.23. The summed E-state index contributed by atoms with van der Waals surface area (Å²) in [5, 5.41) is 3.50. The number of hydrogen-bond acceptors (Lipinski definition) is 3. The number of nitrogens with zero attached hydrogens (tertiary/aromatic N) is 1. The highest BCUT2D eigenvalue weighted by molar-refractivity contribution is 4.90. The van der Waals surface area contributed by atoms with Gasteiger partial charge < -0.3 is 10.1 Å². The molecule has 3 heteroatoms. The monoisotopic (exact) mass is 270 g/mol. The van der Waals surface area contributed by atoms with Gasteiger partial charge in [0, 0.05) is 38.8 Å². The number of hydrogen-bond donors (Lipinski definition) is 1. The van der Waals surface area contributed by atoms with Crippen molar-refractivity contribution in [1.29, 1.82) is 0 Å². The summed E-state index contributed by atoms with van der Waals surface area (Å²) in [5.41, 5.74) is 0.330. The van der Waals surface area contributed by atoms with Crippen LogP contribution in [0.2, 0.25) is 0 Å². The van der Waals surface area contributed by atoms with E-state index in [9.17, 15) is 0 Å². The molecule has 114 valence electrons. The van der Waals surface area contributed by atoms with Gasteiger partial charge >= 0.3 is 0 Å². The van der Waals surface area contributed by atoms with Crippen molar-refractivity contribution in [3.63, 3.8) is 0 Å². The Morgan fingerprint density at radius 1 is 1.16 bits per heavy atom. The van der Waals surface area contributed by atoms with Gasteiger partial charge in [0.1, 0.15) is 0 Å². The molecule has 0 amide bonds. The minimum Gasteiger partial charge on any atom is -0.381 e. The summed E-state index contributed by atoms with van der Waals surface area (Å²) < 4.78 is 5.45. The normalized spacial score (nSPS) is 31.4. The summed E-state index contributed by atoms with van der Waals surface area (Å²) in [7, 11) is 1.85. The lowest BCUT2D eigenvalue weighted by atomic mass is 9.85. The van der Waals surface area contributed by atoms with Gasteiger partial charge in [-0.15, -0.1) is 0 Å². The summed E-state index contributed by atoms with van der Waals surface area (Å²) in [4.78, 5) is 2.68. The Morgan fingerprint density at radius 2 is 1.79 bits per heavy atom. The fraction of sp³-hybridized carbons (Fsp3) is 1.00. The summed E-state index contributed by atoms with van der Waals surface area (Å²) in [6, 6.07) is 0. The highest BCUT2D eigenvalue weighted by Crippen LogP contribution is 2.28. The lowest BCUT2D eigenvalue weighted by Crippen LogP contribution is -2.59. The molecule has 1 saturated carbocycles. The van der Waals surface area contributed by atoms with E-state index in [1.165, 1.54) is 38.8 Å². The number of rotatable bonds is 3. The zero-order valence-electron chi connectivity index (χ0n) is 13.7. The predicted molar refractivity (Wildman–Crippen MR) is 82.6 cm³/mol. The summed E-state index contributed by atoms with van der Waals surface area (Å²) in [6.45, 7) is 13.5. The third-order valence-corrected chi connectivity index (χ3v) is 4.58. The Bertz CT molecular complexity index is 235. The van der Waals surface area contributed by atoms with E-state index in [1.54, 1.807) is 0 Å². The second-order valence-corrected chi connectivity index (χ2v) is 6.31. The van der Waals surface area contributed by atoms with E-state index in [0.717, 1.165) is 19.0 Å². The Balaban J connectivity index is 0.000000861. The quantitative estimate of drug-likeness (QED) is 0.853. The SMILES string of the molecule is CC.COC1CCC(CN2CCNCC2(C)C)CC1. The molecule has 0 radical (unpaired) electrons. The van der Waals surface area contributed by atoms with Crippen LogP contribution in [0.5, 0.6) is 0 Å². The Labute approximate surface area is 120 Å². The molecule has 0 atom stereocenters. The molecule has 0 spiro atoms. The molecule has 1 N–H and O–H groups in total. The van der Waals surface area contributed by atoms with E-state index < -0.39 is 0 Å². The highest BCUT2D eigenvalue weighted by Gasteiger charge is 2.32. The first-order valence-corrected chi connectivity index (χ1v) is 8.10. The van der Waals surface area contributed by atoms with Gasteiger partial charge in [0.05, 0.1) is 6.10 Å². The minimum absolute atomic E-state index is 0.330. The lowest BCUT2D eigenvalue weighted by molar-refractivity contribution is 0.0284. The average Bonchev–Trinajstić information content (AvgIpc) is 2.44. The third-order valence-electron chi connectivity index (χ3n) is 4.58. The molecule has 0 aromatic rings. The molecule has 0 bridgehead atoms. The fourth-order valence-corrected chi connectivity index (χ4v) is 3.22. The number of methoxy groups -OCH3 is 1. The molecular formula is C16H34N2O. The van der Waals surface area contributed by atoms with E-state index in [1.807, 2.05) is 21.0 Å². The van der Waals surface area contributed by atoms with Crippen LogP contribution in [0.4, 0.5) is 0 Å². The molecule has 0 unspecified atom stereocenters.